The van der Waals surface area contributed by atoms with Gasteiger partial charge in [-0.1, -0.05) is 50.1 Å². The van der Waals surface area contributed by atoms with Crippen molar-refractivity contribution in [2.75, 3.05) is 12.0 Å². The summed E-state index contributed by atoms with van der Waals surface area (Å²) in [5.74, 6) is 0.235. The molecule has 1 aliphatic rings. The minimum Gasteiger partial charge on any atom is -0.497 e. The highest BCUT2D eigenvalue weighted by Gasteiger charge is 2.36. The quantitative estimate of drug-likeness (QED) is 0.510. The van der Waals surface area contributed by atoms with Crippen LogP contribution in [0.15, 0.2) is 71.3 Å². The Labute approximate surface area is 194 Å². The fourth-order valence-corrected chi connectivity index (χ4v) is 4.51. The minimum absolute atomic E-state index is 0.118. The van der Waals surface area contributed by atoms with Gasteiger partial charge in [-0.25, -0.2) is 0 Å². The number of rotatable bonds is 8. The number of aryl methyl sites for hydroxylation is 1. The van der Waals surface area contributed by atoms with Gasteiger partial charge in [-0.05, 0) is 60.7 Å². The van der Waals surface area contributed by atoms with Gasteiger partial charge in [0.15, 0.2) is 5.76 Å². The number of nitrogens with one attached hydrogen (secondary N) is 1. The van der Waals surface area contributed by atoms with Crippen molar-refractivity contribution in [2.24, 2.45) is 0 Å². The first-order chi connectivity index (χ1) is 16.1. The number of hydrogen-bond donors (Lipinski definition) is 1. The van der Waals surface area contributed by atoms with Gasteiger partial charge < -0.3 is 14.5 Å². The lowest BCUT2D eigenvalue weighted by Crippen LogP contribution is -2.46. The standard InChI is InChI=1S/C27H30N2O4/c1-3-19-10-4-7-15-23(19)29(27(31)24-16-9-17-33-24)25(20-11-8-14-22(18-20)32-2)26(30)28-21-12-5-6-13-21/h4,7-11,14-18,21,25H,3,5-6,12-13H2,1-2H3,(H,28,30). The van der Waals surface area contributed by atoms with Crippen LogP contribution in [0, 0.1) is 0 Å². The zero-order valence-electron chi connectivity index (χ0n) is 19.1. The first kappa shape index (κ1) is 22.6. The highest BCUT2D eigenvalue weighted by Crippen LogP contribution is 2.34. The minimum atomic E-state index is -0.883. The second-order valence-electron chi connectivity index (χ2n) is 8.30. The normalized spacial score (nSPS) is 14.6. The Bertz CT molecular complexity index is 1090. The molecule has 1 saturated carbocycles. The lowest BCUT2D eigenvalue weighted by atomic mass is 9.99. The second-order valence-corrected chi connectivity index (χ2v) is 8.30. The van der Waals surface area contributed by atoms with Crippen LogP contribution in [-0.2, 0) is 11.2 Å². The number of furan rings is 1. The predicted octanol–water partition coefficient (Wildman–Crippen LogP) is 5.30. The average Bonchev–Trinajstić information content (AvgIpc) is 3.56. The van der Waals surface area contributed by atoms with Crippen LogP contribution < -0.4 is 15.0 Å². The highest BCUT2D eigenvalue weighted by atomic mass is 16.5. The van der Waals surface area contributed by atoms with E-state index in [1.54, 1.807) is 24.1 Å². The Morgan fingerprint density at radius 2 is 1.88 bits per heavy atom. The van der Waals surface area contributed by atoms with Crippen LogP contribution in [0.4, 0.5) is 5.69 Å². The molecular weight excluding hydrogens is 416 g/mol. The molecule has 4 rings (SSSR count). The zero-order chi connectivity index (χ0) is 23.2. The molecule has 172 valence electrons. The van der Waals surface area contributed by atoms with Crippen LogP contribution in [0.3, 0.4) is 0 Å². The van der Waals surface area contributed by atoms with Crippen molar-refractivity contribution in [1.82, 2.24) is 5.32 Å². The maximum atomic E-state index is 13.8. The summed E-state index contributed by atoms with van der Waals surface area (Å²) in [4.78, 5) is 29.2. The van der Waals surface area contributed by atoms with E-state index in [-0.39, 0.29) is 23.6 Å². The van der Waals surface area contributed by atoms with Gasteiger partial charge in [0.25, 0.3) is 5.91 Å². The lowest BCUT2D eigenvalue weighted by Gasteiger charge is -2.33. The molecular formula is C27H30N2O4. The summed E-state index contributed by atoms with van der Waals surface area (Å²) in [6.07, 6.45) is 6.29. The van der Waals surface area contributed by atoms with Crippen molar-refractivity contribution in [3.63, 3.8) is 0 Å². The third-order valence-corrected chi connectivity index (χ3v) is 6.20. The number of hydrogen-bond acceptors (Lipinski definition) is 4. The topological polar surface area (TPSA) is 71.8 Å². The Morgan fingerprint density at radius 1 is 1.09 bits per heavy atom. The number of carbonyl (C=O) groups excluding carboxylic acids is 2. The van der Waals surface area contributed by atoms with Crippen molar-refractivity contribution in [2.45, 2.75) is 51.1 Å². The van der Waals surface area contributed by atoms with Crippen LogP contribution in [-0.4, -0.2) is 25.0 Å². The molecule has 0 aliphatic heterocycles. The van der Waals surface area contributed by atoms with Crippen molar-refractivity contribution < 1.29 is 18.7 Å². The van der Waals surface area contributed by atoms with Gasteiger partial charge in [-0.2, -0.15) is 0 Å². The summed E-state index contributed by atoms with van der Waals surface area (Å²) in [5.41, 5.74) is 2.34. The van der Waals surface area contributed by atoms with Crippen LogP contribution in [0.5, 0.6) is 5.75 Å². The van der Waals surface area contributed by atoms with Gasteiger partial charge in [-0.3, -0.25) is 14.5 Å². The number of anilines is 1. The SMILES string of the molecule is CCc1ccccc1N(C(=O)c1ccco1)C(C(=O)NC1CCCC1)c1cccc(OC)c1. The second kappa shape index (κ2) is 10.4. The fourth-order valence-electron chi connectivity index (χ4n) is 4.51. The van der Waals surface area contributed by atoms with E-state index >= 15 is 0 Å². The molecule has 6 nitrogen and oxygen atoms in total. The number of nitrogens with zero attached hydrogens (tertiary/aromatic N) is 1. The van der Waals surface area contributed by atoms with E-state index in [9.17, 15) is 9.59 Å². The monoisotopic (exact) mass is 446 g/mol. The first-order valence-electron chi connectivity index (χ1n) is 11.5. The Hall–Kier alpha value is -3.54. The molecule has 1 fully saturated rings. The highest BCUT2D eigenvalue weighted by molar-refractivity contribution is 6.09. The molecule has 1 aliphatic carbocycles. The van der Waals surface area contributed by atoms with E-state index in [2.05, 4.69) is 5.32 Å². The van der Waals surface area contributed by atoms with Crippen LogP contribution in [0.25, 0.3) is 0 Å². The van der Waals surface area contributed by atoms with Gasteiger partial charge in [-0.15, -0.1) is 0 Å². The van der Waals surface area contributed by atoms with E-state index in [1.165, 1.54) is 6.26 Å². The smallest absolute Gasteiger partial charge is 0.294 e. The molecule has 1 heterocycles. The zero-order valence-corrected chi connectivity index (χ0v) is 19.1. The maximum Gasteiger partial charge on any atom is 0.294 e. The van der Waals surface area contributed by atoms with E-state index in [1.807, 2.05) is 55.5 Å². The molecule has 3 aromatic rings. The molecule has 1 atom stereocenters. The Balaban J connectivity index is 1.85. The number of carbonyl (C=O) groups is 2. The van der Waals surface area contributed by atoms with Crippen LogP contribution in [0.2, 0.25) is 0 Å². The van der Waals surface area contributed by atoms with Crippen LogP contribution >= 0.6 is 0 Å². The number of methoxy groups -OCH3 is 1. The van der Waals surface area contributed by atoms with Gasteiger partial charge in [0.05, 0.1) is 13.4 Å². The summed E-state index contributed by atoms with van der Waals surface area (Å²) in [7, 11) is 1.59. The third-order valence-electron chi connectivity index (χ3n) is 6.20. The van der Waals surface area contributed by atoms with E-state index in [4.69, 9.17) is 9.15 Å². The molecule has 2 aromatic carbocycles. The van der Waals surface area contributed by atoms with Crippen molar-refractivity contribution in [3.8, 4) is 5.75 Å². The van der Waals surface area contributed by atoms with Gasteiger partial charge in [0.2, 0.25) is 5.91 Å². The molecule has 1 unspecified atom stereocenters. The molecule has 33 heavy (non-hydrogen) atoms. The number of benzene rings is 2. The molecule has 0 saturated heterocycles. The van der Waals surface area contributed by atoms with Crippen molar-refractivity contribution >= 4 is 17.5 Å². The molecule has 0 spiro atoms. The molecule has 0 radical (unpaired) electrons. The summed E-state index contributed by atoms with van der Waals surface area (Å²) in [6.45, 7) is 2.04. The van der Waals surface area contributed by atoms with Gasteiger partial charge >= 0.3 is 0 Å². The van der Waals surface area contributed by atoms with E-state index in [0.717, 1.165) is 31.2 Å². The summed E-state index contributed by atoms with van der Waals surface area (Å²) < 4.78 is 10.9. The number of para-hydroxylation sites is 1. The van der Waals surface area contributed by atoms with Gasteiger partial charge in [0, 0.05) is 11.7 Å². The largest absolute Gasteiger partial charge is 0.497 e. The molecule has 0 bridgehead atoms. The number of ether oxygens (including phenoxy) is 1. The molecule has 2 amide bonds. The number of amides is 2. The molecule has 1 aromatic heterocycles. The molecule has 6 heteroatoms. The third kappa shape index (κ3) is 4.95. The fraction of sp³-hybridized carbons (Fsp3) is 0.333. The van der Waals surface area contributed by atoms with E-state index < -0.39 is 6.04 Å². The van der Waals surface area contributed by atoms with Crippen molar-refractivity contribution in [3.05, 3.63) is 83.8 Å². The lowest BCUT2D eigenvalue weighted by molar-refractivity contribution is -0.123. The first-order valence-corrected chi connectivity index (χ1v) is 11.5. The molecule has 1 N–H and O–H groups in total. The Kier molecular flexibility index (Phi) is 7.13. The maximum absolute atomic E-state index is 13.8. The van der Waals surface area contributed by atoms with E-state index in [0.29, 0.717) is 23.4 Å². The van der Waals surface area contributed by atoms with Gasteiger partial charge in [0.1, 0.15) is 11.8 Å². The average molecular weight is 447 g/mol. The Morgan fingerprint density at radius 3 is 2.58 bits per heavy atom. The van der Waals surface area contributed by atoms with Crippen LogP contribution in [0.1, 0.15) is 60.3 Å². The summed E-state index contributed by atoms with van der Waals surface area (Å²) in [5, 5.41) is 3.20. The summed E-state index contributed by atoms with van der Waals surface area (Å²) >= 11 is 0. The summed E-state index contributed by atoms with van der Waals surface area (Å²) in [6, 6.07) is 17.6. The predicted molar refractivity (Wildman–Crippen MR) is 127 cm³/mol. The van der Waals surface area contributed by atoms with Crippen molar-refractivity contribution in [1.29, 1.82) is 0 Å².